The van der Waals surface area contributed by atoms with Crippen molar-refractivity contribution in [2.75, 3.05) is 0 Å². The van der Waals surface area contributed by atoms with Crippen LogP contribution in [0.15, 0.2) is 24.3 Å². The van der Waals surface area contributed by atoms with Crippen molar-refractivity contribution in [3.63, 3.8) is 0 Å². The first-order valence-electron chi connectivity index (χ1n) is 7.95. The molecule has 0 aliphatic heterocycles. The zero-order valence-corrected chi connectivity index (χ0v) is 13.1. The first-order chi connectivity index (χ1) is 10.3. The molecule has 4 heteroatoms. The topological polar surface area (TPSA) is 42.0 Å². The molecule has 0 saturated heterocycles. The zero-order valence-electron chi connectivity index (χ0n) is 12.3. The van der Waals surface area contributed by atoms with Crippen LogP contribution in [0.3, 0.4) is 0 Å². The molecule has 1 fully saturated rings. The SMILES string of the molecule is O=C(CCc1nc2ccccc2s1)NC1CCCCCC1. The summed E-state index contributed by atoms with van der Waals surface area (Å²) >= 11 is 1.70. The lowest BCUT2D eigenvalue weighted by Gasteiger charge is -2.15. The molecule has 1 N–H and O–H groups in total. The fourth-order valence-electron chi connectivity index (χ4n) is 2.97. The minimum Gasteiger partial charge on any atom is -0.353 e. The van der Waals surface area contributed by atoms with E-state index in [0.29, 0.717) is 12.5 Å². The zero-order chi connectivity index (χ0) is 14.5. The molecule has 1 saturated carbocycles. The van der Waals surface area contributed by atoms with Gasteiger partial charge in [0.15, 0.2) is 0 Å². The third-order valence-electron chi connectivity index (χ3n) is 4.12. The highest BCUT2D eigenvalue weighted by molar-refractivity contribution is 7.18. The van der Waals surface area contributed by atoms with Gasteiger partial charge >= 0.3 is 0 Å². The second-order valence-corrected chi connectivity index (χ2v) is 6.95. The average molecular weight is 302 g/mol. The predicted octanol–water partition coefficient (Wildman–Crippen LogP) is 4.07. The Labute approximate surface area is 129 Å². The van der Waals surface area contributed by atoms with E-state index in [1.54, 1.807) is 11.3 Å². The van der Waals surface area contributed by atoms with Crippen LogP contribution >= 0.6 is 11.3 Å². The van der Waals surface area contributed by atoms with Crippen LogP contribution in [0.1, 0.15) is 50.0 Å². The van der Waals surface area contributed by atoms with Gasteiger partial charge in [0.1, 0.15) is 0 Å². The molecule has 21 heavy (non-hydrogen) atoms. The van der Waals surface area contributed by atoms with Crippen molar-refractivity contribution in [1.82, 2.24) is 10.3 Å². The highest BCUT2D eigenvalue weighted by Crippen LogP contribution is 2.22. The van der Waals surface area contributed by atoms with E-state index in [9.17, 15) is 4.79 Å². The number of nitrogens with zero attached hydrogens (tertiary/aromatic N) is 1. The standard InChI is InChI=1S/C17H22N2OS/c20-16(18-13-7-3-1-2-4-8-13)11-12-17-19-14-9-5-6-10-15(14)21-17/h5-6,9-10,13H,1-4,7-8,11-12H2,(H,18,20). The fraction of sp³-hybridized carbons (Fsp3) is 0.529. The van der Waals surface area contributed by atoms with Gasteiger partial charge in [-0.05, 0) is 25.0 Å². The van der Waals surface area contributed by atoms with E-state index in [1.165, 1.54) is 30.4 Å². The highest BCUT2D eigenvalue weighted by Gasteiger charge is 2.15. The van der Waals surface area contributed by atoms with E-state index in [2.05, 4.69) is 16.4 Å². The molecule has 112 valence electrons. The van der Waals surface area contributed by atoms with Gasteiger partial charge in [0.05, 0.1) is 15.2 Å². The summed E-state index contributed by atoms with van der Waals surface area (Å²) in [6, 6.07) is 8.55. The molecule has 1 amide bonds. The van der Waals surface area contributed by atoms with Crippen LogP contribution in [0.2, 0.25) is 0 Å². The maximum absolute atomic E-state index is 12.1. The average Bonchev–Trinajstić information content (AvgIpc) is 2.74. The molecule has 0 bridgehead atoms. The number of hydrogen-bond acceptors (Lipinski definition) is 3. The molecule has 0 spiro atoms. The summed E-state index contributed by atoms with van der Waals surface area (Å²) in [5.74, 6) is 0.182. The number of carbonyl (C=O) groups excluding carboxylic acids is 1. The monoisotopic (exact) mass is 302 g/mol. The Hall–Kier alpha value is -1.42. The number of amides is 1. The van der Waals surface area contributed by atoms with Gasteiger partial charge in [-0.25, -0.2) is 4.98 Å². The van der Waals surface area contributed by atoms with Gasteiger partial charge in [-0.1, -0.05) is 37.8 Å². The quantitative estimate of drug-likeness (QED) is 0.865. The summed E-state index contributed by atoms with van der Waals surface area (Å²) in [6.45, 7) is 0. The lowest BCUT2D eigenvalue weighted by Crippen LogP contribution is -2.34. The van der Waals surface area contributed by atoms with Gasteiger partial charge in [0.2, 0.25) is 5.91 Å². The number of hydrogen-bond donors (Lipinski definition) is 1. The number of rotatable bonds is 4. The van der Waals surface area contributed by atoms with Gasteiger partial charge in [-0.3, -0.25) is 4.79 Å². The second-order valence-electron chi connectivity index (χ2n) is 5.83. The molecule has 1 aliphatic rings. The van der Waals surface area contributed by atoms with Crippen LogP contribution < -0.4 is 5.32 Å². The molecular weight excluding hydrogens is 280 g/mol. The van der Waals surface area contributed by atoms with E-state index in [0.717, 1.165) is 29.8 Å². The van der Waals surface area contributed by atoms with Crippen LogP contribution in [-0.2, 0) is 11.2 Å². The Balaban J connectivity index is 1.50. The van der Waals surface area contributed by atoms with E-state index in [1.807, 2.05) is 18.2 Å². The number of nitrogens with one attached hydrogen (secondary N) is 1. The van der Waals surface area contributed by atoms with Gasteiger partial charge in [-0.15, -0.1) is 11.3 Å². The van der Waals surface area contributed by atoms with Crippen LogP contribution in [0, 0.1) is 0 Å². The van der Waals surface area contributed by atoms with E-state index < -0.39 is 0 Å². The molecule has 1 aliphatic carbocycles. The number of benzene rings is 1. The lowest BCUT2D eigenvalue weighted by atomic mass is 10.1. The number of fused-ring (bicyclic) bond motifs is 1. The van der Waals surface area contributed by atoms with Crippen molar-refractivity contribution in [1.29, 1.82) is 0 Å². The van der Waals surface area contributed by atoms with E-state index in [4.69, 9.17) is 0 Å². The molecule has 3 nitrogen and oxygen atoms in total. The normalized spacial score (nSPS) is 16.8. The van der Waals surface area contributed by atoms with Gasteiger partial charge < -0.3 is 5.32 Å². The van der Waals surface area contributed by atoms with Gasteiger partial charge in [-0.2, -0.15) is 0 Å². The molecule has 1 aromatic carbocycles. The Morgan fingerprint density at radius 2 is 1.95 bits per heavy atom. The van der Waals surface area contributed by atoms with Crippen molar-refractivity contribution < 1.29 is 4.79 Å². The largest absolute Gasteiger partial charge is 0.353 e. The molecule has 1 aromatic heterocycles. The minimum atomic E-state index is 0.182. The number of aryl methyl sites for hydroxylation is 1. The summed E-state index contributed by atoms with van der Waals surface area (Å²) in [5.41, 5.74) is 1.04. The van der Waals surface area contributed by atoms with Gasteiger partial charge in [0, 0.05) is 18.9 Å². The molecule has 1 heterocycles. The molecule has 0 unspecified atom stereocenters. The van der Waals surface area contributed by atoms with E-state index >= 15 is 0 Å². The van der Waals surface area contributed by atoms with Crippen molar-refractivity contribution in [2.24, 2.45) is 0 Å². The van der Waals surface area contributed by atoms with Crippen LogP contribution in [0.5, 0.6) is 0 Å². The summed E-state index contributed by atoms with van der Waals surface area (Å²) in [4.78, 5) is 16.7. The summed E-state index contributed by atoms with van der Waals surface area (Å²) < 4.78 is 1.21. The number of para-hydroxylation sites is 1. The van der Waals surface area contributed by atoms with Crippen LogP contribution in [-0.4, -0.2) is 16.9 Å². The third kappa shape index (κ3) is 4.03. The van der Waals surface area contributed by atoms with E-state index in [-0.39, 0.29) is 5.91 Å². The Kier molecular flexibility index (Phi) is 4.86. The molecular formula is C17H22N2OS. The highest BCUT2D eigenvalue weighted by atomic mass is 32.1. The summed E-state index contributed by atoms with van der Waals surface area (Å²) in [6.07, 6.45) is 8.73. The number of aromatic nitrogens is 1. The first kappa shape index (κ1) is 14.5. The van der Waals surface area contributed by atoms with Crippen molar-refractivity contribution >= 4 is 27.5 Å². The Morgan fingerprint density at radius 3 is 2.71 bits per heavy atom. The summed E-state index contributed by atoms with van der Waals surface area (Å²) in [7, 11) is 0. The molecule has 0 radical (unpaired) electrons. The third-order valence-corrected chi connectivity index (χ3v) is 5.22. The number of thiazole rings is 1. The molecule has 3 rings (SSSR count). The predicted molar refractivity (Wildman–Crippen MR) is 87.6 cm³/mol. The summed E-state index contributed by atoms with van der Waals surface area (Å²) in [5, 5.41) is 4.26. The van der Waals surface area contributed by atoms with Crippen molar-refractivity contribution in [3.05, 3.63) is 29.3 Å². The Morgan fingerprint density at radius 1 is 1.19 bits per heavy atom. The second kappa shape index (κ2) is 7.03. The van der Waals surface area contributed by atoms with Crippen molar-refractivity contribution in [2.45, 2.75) is 57.4 Å². The maximum atomic E-state index is 12.1. The first-order valence-corrected chi connectivity index (χ1v) is 8.77. The smallest absolute Gasteiger partial charge is 0.220 e. The minimum absolute atomic E-state index is 0.182. The molecule has 2 aromatic rings. The maximum Gasteiger partial charge on any atom is 0.220 e. The Bertz CT molecular complexity index is 567. The van der Waals surface area contributed by atoms with Crippen LogP contribution in [0.25, 0.3) is 10.2 Å². The van der Waals surface area contributed by atoms with Gasteiger partial charge in [0.25, 0.3) is 0 Å². The lowest BCUT2D eigenvalue weighted by molar-refractivity contribution is -0.121. The van der Waals surface area contributed by atoms with Crippen molar-refractivity contribution in [3.8, 4) is 0 Å². The fourth-order valence-corrected chi connectivity index (χ4v) is 3.94. The molecule has 0 atom stereocenters. The number of carbonyl (C=O) groups is 1. The van der Waals surface area contributed by atoms with Crippen LogP contribution in [0.4, 0.5) is 0 Å².